The lowest BCUT2D eigenvalue weighted by molar-refractivity contribution is 0.736. The molecule has 0 aliphatic heterocycles. The Bertz CT molecular complexity index is 66.5. The predicted molar refractivity (Wildman–Crippen MR) is 84.6 cm³/mol. The van der Waals surface area contributed by atoms with Crippen LogP contribution in [0.1, 0.15) is 94.4 Å². The fraction of sp³-hybridized carbons (Fsp3) is 1.00. The van der Waals surface area contributed by atoms with Crippen LogP contribution in [0.4, 0.5) is 0 Å². The van der Waals surface area contributed by atoms with E-state index in [1.54, 1.807) is 0 Å². The van der Waals surface area contributed by atoms with E-state index in [1.165, 1.54) is 32.1 Å². The zero-order valence-electron chi connectivity index (χ0n) is 14.3. The normalized spacial score (nSPS) is 13.4. The monoisotopic (exact) mass is 244 g/mol. The molecule has 0 spiro atoms. The van der Waals surface area contributed by atoms with Gasteiger partial charge < -0.3 is 0 Å². The molecule has 0 radical (unpaired) electrons. The zero-order chi connectivity index (χ0) is 14.3. The van der Waals surface area contributed by atoms with Crippen molar-refractivity contribution in [3.05, 3.63) is 0 Å². The molecular weight excluding hydrogens is 204 g/mol. The third-order valence-corrected chi connectivity index (χ3v) is 1.25. The van der Waals surface area contributed by atoms with Gasteiger partial charge in [-0.3, -0.25) is 0 Å². The SMILES string of the molecule is C1CCCC1.CC(C)C.CC(C)C.CC(C)C. The van der Waals surface area contributed by atoms with Crippen LogP contribution in [0, 0.1) is 17.8 Å². The molecule has 0 atom stereocenters. The van der Waals surface area contributed by atoms with Crippen LogP contribution in [0.15, 0.2) is 0 Å². The number of rotatable bonds is 0. The number of hydrogen-bond donors (Lipinski definition) is 0. The largest absolute Gasteiger partial charge is 0.0630 e. The van der Waals surface area contributed by atoms with Crippen molar-refractivity contribution in [2.75, 3.05) is 0 Å². The minimum atomic E-state index is 0.833. The Labute approximate surface area is 113 Å². The summed E-state index contributed by atoms with van der Waals surface area (Å²) in [4.78, 5) is 0. The van der Waals surface area contributed by atoms with Gasteiger partial charge in [-0.05, 0) is 17.8 Å². The molecule has 1 aliphatic rings. The number of hydrogen-bond acceptors (Lipinski definition) is 0. The summed E-state index contributed by atoms with van der Waals surface area (Å²) in [6, 6.07) is 0. The van der Waals surface area contributed by atoms with Gasteiger partial charge in [-0.1, -0.05) is 94.4 Å². The van der Waals surface area contributed by atoms with E-state index in [-0.39, 0.29) is 0 Å². The Kier molecular flexibility index (Phi) is 24.0. The predicted octanol–water partition coefficient (Wildman–Crippen LogP) is 6.94. The molecule has 0 unspecified atom stereocenters. The summed E-state index contributed by atoms with van der Waals surface area (Å²) in [5.74, 6) is 2.50. The van der Waals surface area contributed by atoms with E-state index >= 15 is 0 Å². The average Bonchev–Trinajstić information content (AvgIpc) is 2.53. The molecule has 0 amide bonds. The summed E-state index contributed by atoms with van der Waals surface area (Å²) in [6.45, 7) is 19.5. The second kappa shape index (κ2) is 18.4. The van der Waals surface area contributed by atoms with Crippen LogP contribution >= 0.6 is 0 Å². The minimum absolute atomic E-state index is 0.833. The molecule has 0 N–H and O–H groups in total. The van der Waals surface area contributed by atoms with Crippen LogP contribution in [-0.4, -0.2) is 0 Å². The summed E-state index contributed by atoms with van der Waals surface area (Å²) in [5, 5.41) is 0. The van der Waals surface area contributed by atoms with Crippen molar-refractivity contribution < 1.29 is 0 Å². The lowest BCUT2D eigenvalue weighted by Gasteiger charge is -1.79. The van der Waals surface area contributed by atoms with Crippen LogP contribution in [-0.2, 0) is 0 Å². The van der Waals surface area contributed by atoms with Crippen molar-refractivity contribution in [3.8, 4) is 0 Å². The summed E-state index contributed by atoms with van der Waals surface area (Å²) >= 11 is 0. The first-order chi connectivity index (χ1) is 7.70. The van der Waals surface area contributed by atoms with Gasteiger partial charge in [0.1, 0.15) is 0 Å². The Morgan fingerprint density at radius 2 is 0.412 bits per heavy atom. The maximum atomic E-state index is 2.17. The van der Waals surface area contributed by atoms with E-state index in [0.29, 0.717) is 0 Å². The first-order valence-electron chi connectivity index (χ1n) is 7.70. The van der Waals surface area contributed by atoms with E-state index in [9.17, 15) is 0 Å². The Balaban J connectivity index is -0.000000155. The molecule has 0 saturated heterocycles. The van der Waals surface area contributed by atoms with Gasteiger partial charge in [0.2, 0.25) is 0 Å². The van der Waals surface area contributed by atoms with Crippen molar-refractivity contribution in [3.63, 3.8) is 0 Å². The van der Waals surface area contributed by atoms with Crippen molar-refractivity contribution in [2.45, 2.75) is 94.4 Å². The molecule has 0 aromatic rings. The zero-order valence-corrected chi connectivity index (χ0v) is 14.3. The standard InChI is InChI=1S/C5H10.3C4H10/c1-2-4-5-3-1;3*1-4(2)3/h1-5H2;3*4H,1-3H3. The summed E-state index contributed by atoms with van der Waals surface area (Å²) in [5.41, 5.74) is 0. The van der Waals surface area contributed by atoms with Crippen molar-refractivity contribution in [2.24, 2.45) is 17.8 Å². The smallest absolute Gasteiger partial charge is 0.0500 e. The molecule has 1 rings (SSSR count). The molecule has 0 nitrogen and oxygen atoms in total. The second-order valence-corrected chi connectivity index (χ2v) is 6.96. The first kappa shape index (κ1) is 22.2. The molecule has 0 heteroatoms. The summed E-state index contributed by atoms with van der Waals surface area (Å²) < 4.78 is 0. The molecule has 17 heavy (non-hydrogen) atoms. The molecule has 0 bridgehead atoms. The quantitative estimate of drug-likeness (QED) is 0.433. The molecule has 0 heterocycles. The summed E-state index contributed by atoms with van der Waals surface area (Å²) in [6.07, 6.45) is 7.50. The van der Waals surface area contributed by atoms with Gasteiger partial charge in [-0.25, -0.2) is 0 Å². The average molecular weight is 245 g/mol. The Morgan fingerprint density at radius 1 is 0.353 bits per heavy atom. The van der Waals surface area contributed by atoms with Crippen LogP contribution < -0.4 is 0 Å². The van der Waals surface area contributed by atoms with Crippen molar-refractivity contribution >= 4 is 0 Å². The third-order valence-electron chi connectivity index (χ3n) is 1.25. The van der Waals surface area contributed by atoms with Gasteiger partial charge in [0, 0.05) is 0 Å². The highest BCUT2D eigenvalue weighted by Crippen LogP contribution is 2.15. The van der Waals surface area contributed by atoms with Gasteiger partial charge in [0.15, 0.2) is 0 Å². The Hall–Kier alpha value is 0. The van der Waals surface area contributed by atoms with Gasteiger partial charge in [-0.15, -0.1) is 0 Å². The molecular formula is C17H40. The maximum absolute atomic E-state index is 2.17. The second-order valence-electron chi connectivity index (χ2n) is 6.96. The van der Waals surface area contributed by atoms with E-state index < -0.39 is 0 Å². The molecule has 0 aromatic carbocycles. The molecule has 0 aromatic heterocycles. The molecule has 1 aliphatic carbocycles. The van der Waals surface area contributed by atoms with Crippen LogP contribution in [0.2, 0.25) is 0 Å². The van der Waals surface area contributed by atoms with Crippen molar-refractivity contribution in [1.29, 1.82) is 0 Å². The highest BCUT2D eigenvalue weighted by atomic mass is 14.0. The molecule has 108 valence electrons. The lowest BCUT2D eigenvalue weighted by Crippen LogP contribution is -1.66. The third kappa shape index (κ3) is 125. The van der Waals surface area contributed by atoms with Crippen LogP contribution in [0.5, 0.6) is 0 Å². The van der Waals surface area contributed by atoms with E-state index in [2.05, 4.69) is 62.3 Å². The van der Waals surface area contributed by atoms with E-state index in [1.807, 2.05) is 0 Å². The van der Waals surface area contributed by atoms with Crippen molar-refractivity contribution in [1.82, 2.24) is 0 Å². The summed E-state index contributed by atoms with van der Waals surface area (Å²) in [7, 11) is 0. The van der Waals surface area contributed by atoms with E-state index in [0.717, 1.165) is 17.8 Å². The highest BCUT2D eigenvalue weighted by molar-refractivity contribution is 4.51. The van der Waals surface area contributed by atoms with Gasteiger partial charge in [0.05, 0.1) is 0 Å². The maximum Gasteiger partial charge on any atom is -0.0500 e. The molecule has 1 fully saturated rings. The van der Waals surface area contributed by atoms with Crippen LogP contribution in [0.25, 0.3) is 0 Å². The van der Waals surface area contributed by atoms with Gasteiger partial charge in [0.25, 0.3) is 0 Å². The highest BCUT2D eigenvalue weighted by Gasteiger charge is 1.95. The van der Waals surface area contributed by atoms with Crippen LogP contribution in [0.3, 0.4) is 0 Å². The minimum Gasteiger partial charge on any atom is -0.0630 e. The van der Waals surface area contributed by atoms with Gasteiger partial charge in [-0.2, -0.15) is 0 Å². The first-order valence-corrected chi connectivity index (χ1v) is 7.70. The van der Waals surface area contributed by atoms with E-state index in [4.69, 9.17) is 0 Å². The van der Waals surface area contributed by atoms with Gasteiger partial charge >= 0.3 is 0 Å². The fourth-order valence-electron chi connectivity index (χ4n) is 0.884. The lowest BCUT2D eigenvalue weighted by atomic mass is 10.3. The Morgan fingerprint density at radius 3 is 0.471 bits per heavy atom. The molecule has 1 saturated carbocycles. The topological polar surface area (TPSA) is 0 Å². The fourth-order valence-corrected chi connectivity index (χ4v) is 0.884.